The van der Waals surface area contributed by atoms with Gasteiger partial charge in [-0.15, -0.1) is 0 Å². The Bertz CT molecular complexity index is 833. The molecular formula is C22H23NO4. The van der Waals surface area contributed by atoms with E-state index in [1.54, 1.807) is 0 Å². The van der Waals surface area contributed by atoms with Gasteiger partial charge in [-0.05, 0) is 41.5 Å². The predicted molar refractivity (Wildman–Crippen MR) is 102 cm³/mol. The van der Waals surface area contributed by atoms with Crippen LogP contribution >= 0.6 is 0 Å². The van der Waals surface area contributed by atoms with Crippen LogP contribution in [0.25, 0.3) is 11.1 Å². The minimum atomic E-state index is -0.959. The molecule has 2 atom stereocenters. The van der Waals surface area contributed by atoms with Gasteiger partial charge in [0, 0.05) is 12.0 Å². The number of carbonyl (C=O) groups excluding carboxylic acids is 1. The van der Waals surface area contributed by atoms with Crippen LogP contribution in [0.4, 0.5) is 4.79 Å². The average Bonchev–Trinajstić information content (AvgIpc) is 3.26. The van der Waals surface area contributed by atoms with Gasteiger partial charge in [0.15, 0.2) is 0 Å². The fraction of sp³-hybridized carbons (Fsp3) is 0.364. The van der Waals surface area contributed by atoms with Crippen molar-refractivity contribution in [2.45, 2.75) is 44.2 Å². The highest BCUT2D eigenvalue weighted by molar-refractivity contribution is 5.82. The van der Waals surface area contributed by atoms with E-state index in [0.717, 1.165) is 17.5 Å². The van der Waals surface area contributed by atoms with E-state index in [2.05, 4.69) is 24.3 Å². The van der Waals surface area contributed by atoms with Crippen molar-refractivity contribution < 1.29 is 19.4 Å². The molecule has 140 valence electrons. The van der Waals surface area contributed by atoms with Crippen molar-refractivity contribution in [3.63, 3.8) is 0 Å². The number of aliphatic carboxylic acids is 1. The van der Waals surface area contributed by atoms with Gasteiger partial charge >= 0.3 is 12.1 Å². The van der Waals surface area contributed by atoms with Crippen molar-refractivity contribution in [1.29, 1.82) is 0 Å². The highest BCUT2D eigenvalue weighted by atomic mass is 16.6. The van der Waals surface area contributed by atoms with Crippen molar-refractivity contribution in [1.82, 2.24) is 4.90 Å². The van der Waals surface area contributed by atoms with E-state index in [9.17, 15) is 14.7 Å². The van der Waals surface area contributed by atoms with E-state index in [1.807, 2.05) is 31.2 Å². The van der Waals surface area contributed by atoms with Crippen LogP contribution in [0, 0.1) is 0 Å². The molecule has 1 heterocycles. The smallest absolute Gasteiger partial charge is 0.410 e. The quantitative estimate of drug-likeness (QED) is 0.879. The second-order valence-electron chi connectivity index (χ2n) is 7.20. The first-order valence-corrected chi connectivity index (χ1v) is 9.48. The van der Waals surface area contributed by atoms with Crippen molar-refractivity contribution >= 4 is 12.1 Å². The molecule has 2 aromatic carbocycles. The average molecular weight is 365 g/mol. The Morgan fingerprint density at radius 1 is 1.04 bits per heavy atom. The number of amides is 1. The number of carboxylic acids is 1. The monoisotopic (exact) mass is 365 g/mol. The molecule has 5 heteroatoms. The normalized spacial score (nSPS) is 21.0. The zero-order valence-electron chi connectivity index (χ0n) is 15.3. The highest BCUT2D eigenvalue weighted by Crippen LogP contribution is 2.44. The molecule has 0 unspecified atom stereocenters. The number of carboxylic acid groups (broad SMARTS) is 1. The number of nitrogens with zero attached hydrogens (tertiary/aromatic N) is 1. The summed E-state index contributed by atoms with van der Waals surface area (Å²) in [5.74, 6) is -0.980. The summed E-state index contributed by atoms with van der Waals surface area (Å²) in [6.07, 6.45) is 1.40. The molecule has 1 aliphatic carbocycles. The standard InChI is InChI=1S/C22H23NO4/c1-2-14-11-12-20(21(24)25)23(14)22(26)27-13-19-17-9-5-3-7-15(17)16-8-4-6-10-18(16)19/h3-10,14,19-20H,2,11-13H2,1H3,(H,24,25)/t14-,20-/m0/s1. The molecular weight excluding hydrogens is 342 g/mol. The van der Waals surface area contributed by atoms with Crippen LogP contribution < -0.4 is 0 Å². The van der Waals surface area contributed by atoms with Gasteiger partial charge in [-0.25, -0.2) is 9.59 Å². The van der Waals surface area contributed by atoms with Gasteiger partial charge in [-0.3, -0.25) is 4.90 Å². The fourth-order valence-electron chi connectivity index (χ4n) is 4.47. The largest absolute Gasteiger partial charge is 0.480 e. The predicted octanol–water partition coefficient (Wildman–Crippen LogP) is 4.26. The molecule has 2 aromatic rings. The number of rotatable bonds is 4. The van der Waals surface area contributed by atoms with E-state index >= 15 is 0 Å². The number of fused-ring (bicyclic) bond motifs is 3. The van der Waals surface area contributed by atoms with Crippen LogP contribution in [0.1, 0.15) is 43.2 Å². The van der Waals surface area contributed by atoms with Crippen LogP contribution in [0.5, 0.6) is 0 Å². The molecule has 1 aliphatic heterocycles. The molecule has 0 spiro atoms. The van der Waals surface area contributed by atoms with Crippen molar-refractivity contribution in [3.05, 3.63) is 59.7 Å². The molecule has 4 rings (SSSR count). The summed E-state index contributed by atoms with van der Waals surface area (Å²) >= 11 is 0. The third-order valence-electron chi connectivity index (χ3n) is 5.81. The lowest BCUT2D eigenvalue weighted by molar-refractivity contribution is -0.142. The van der Waals surface area contributed by atoms with Gasteiger partial charge < -0.3 is 9.84 Å². The van der Waals surface area contributed by atoms with Crippen LogP contribution in [0.2, 0.25) is 0 Å². The first-order valence-electron chi connectivity index (χ1n) is 9.48. The van der Waals surface area contributed by atoms with Gasteiger partial charge in [0.2, 0.25) is 0 Å². The maximum atomic E-state index is 12.8. The van der Waals surface area contributed by atoms with E-state index in [4.69, 9.17) is 4.74 Å². The molecule has 0 aromatic heterocycles. The van der Waals surface area contributed by atoms with E-state index < -0.39 is 18.1 Å². The van der Waals surface area contributed by atoms with E-state index in [-0.39, 0.29) is 18.6 Å². The second kappa shape index (κ2) is 7.06. The molecule has 5 nitrogen and oxygen atoms in total. The first-order chi connectivity index (χ1) is 13.1. The third-order valence-corrected chi connectivity index (χ3v) is 5.81. The Morgan fingerprint density at radius 2 is 1.63 bits per heavy atom. The summed E-state index contributed by atoms with van der Waals surface area (Å²) in [4.78, 5) is 25.7. The van der Waals surface area contributed by atoms with Crippen LogP contribution in [-0.2, 0) is 9.53 Å². The number of hydrogen-bond acceptors (Lipinski definition) is 3. The number of hydrogen-bond donors (Lipinski definition) is 1. The fourth-order valence-corrected chi connectivity index (χ4v) is 4.47. The summed E-state index contributed by atoms with van der Waals surface area (Å²) < 4.78 is 5.66. The van der Waals surface area contributed by atoms with Gasteiger partial charge in [0.05, 0.1) is 0 Å². The lowest BCUT2D eigenvalue weighted by atomic mass is 9.98. The Hall–Kier alpha value is -2.82. The zero-order valence-corrected chi connectivity index (χ0v) is 15.3. The van der Waals surface area contributed by atoms with Crippen molar-refractivity contribution in [2.24, 2.45) is 0 Å². The summed E-state index contributed by atoms with van der Waals surface area (Å²) in [5.41, 5.74) is 4.64. The zero-order chi connectivity index (χ0) is 19.0. The maximum Gasteiger partial charge on any atom is 0.410 e. The molecule has 0 radical (unpaired) electrons. The molecule has 27 heavy (non-hydrogen) atoms. The number of ether oxygens (including phenoxy) is 1. The minimum Gasteiger partial charge on any atom is -0.480 e. The maximum absolute atomic E-state index is 12.8. The van der Waals surface area contributed by atoms with E-state index in [1.165, 1.54) is 16.0 Å². The van der Waals surface area contributed by atoms with Crippen LogP contribution in [-0.4, -0.2) is 40.8 Å². The molecule has 1 amide bonds. The number of carbonyl (C=O) groups is 2. The van der Waals surface area contributed by atoms with Gasteiger partial charge in [-0.1, -0.05) is 55.5 Å². The molecule has 1 saturated heterocycles. The van der Waals surface area contributed by atoms with Gasteiger partial charge in [0.25, 0.3) is 0 Å². The highest BCUT2D eigenvalue weighted by Gasteiger charge is 2.41. The summed E-state index contributed by atoms with van der Waals surface area (Å²) in [6, 6.07) is 15.5. The molecule has 0 saturated carbocycles. The topological polar surface area (TPSA) is 66.8 Å². The van der Waals surface area contributed by atoms with Crippen LogP contribution in [0.3, 0.4) is 0 Å². The molecule has 1 N–H and O–H groups in total. The first kappa shape index (κ1) is 17.6. The third kappa shape index (κ3) is 2.97. The van der Waals surface area contributed by atoms with Crippen LogP contribution in [0.15, 0.2) is 48.5 Å². The Morgan fingerprint density at radius 3 is 2.19 bits per heavy atom. The molecule has 2 aliphatic rings. The summed E-state index contributed by atoms with van der Waals surface area (Å²) in [5, 5.41) is 9.44. The van der Waals surface area contributed by atoms with Gasteiger partial charge in [-0.2, -0.15) is 0 Å². The van der Waals surface area contributed by atoms with E-state index in [0.29, 0.717) is 12.8 Å². The van der Waals surface area contributed by atoms with Gasteiger partial charge in [0.1, 0.15) is 12.6 Å². The Labute approximate surface area is 158 Å². The molecule has 0 bridgehead atoms. The minimum absolute atomic E-state index is 0.0210. The van der Waals surface area contributed by atoms with Crippen molar-refractivity contribution in [3.8, 4) is 11.1 Å². The lowest BCUT2D eigenvalue weighted by Gasteiger charge is -2.27. The Balaban J connectivity index is 1.55. The SMILES string of the molecule is CC[C@H]1CC[C@@H](C(=O)O)N1C(=O)OCC1c2ccccc2-c2ccccc21. The van der Waals surface area contributed by atoms with Crippen molar-refractivity contribution in [2.75, 3.05) is 6.61 Å². The summed E-state index contributed by atoms with van der Waals surface area (Å²) in [7, 11) is 0. The molecule has 1 fully saturated rings. The summed E-state index contributed by atoms with van der Waals surface area (Å²) in [6.45, 7) is 2.19. The number of likely N-dealkylation sites (tertiary alicyclic amines) is 1. The number of benzene rings is 2. The second-order valence-corrected chi connectivity index (χ2v) is 7.20. The Kier molecular flexibility index (Phi) is 4.60. The lowest BCUT2D eigenvalue weighted by Crippen LogP contribution is -2.45.